The quantitative estimate of drug-likeness (QED) is 0.663. The van der Waals surface area contributed by atoms with Crippen LogP contribution >= 0.6 is 11.8 Å². The molecule has 0 amide bonds. The van der Waals surface area contributed by atoms with Crippen molar-refractivity contribution in [2.45, 2.75) is 23.0 Å². The summed E-state index contributed by atoms with van der Waals surface area (Å²) in [7, 11) is 1.78. The largest absolute Gasteiger partial charge is 0.372 e. The molecule has 27 heavy (non-hydrogen) atoms. The smallest absolute Gasteiger partial charge is 0.123 e. The lowest BCUT2D eigenvalue weighted by atomic mass is 9.84. The average molecular weight is 382 g/mol. The van der Waals surface area contributed by atoms with Crippen molar-refractivity contribution in [3.8, 4) is 0 Å². The fourth-order valence-corrected chi connectivity index (χ4v) is 5.39. The van der Waals surface area contributed by atoms with E-state index in [9.17, 15) is 4.39 Å². The van der Waals surface area contributed by atoms with E-state index in [4.69, 9.17) is 4.74 Å². The molecule has 2 nitrogen and oxygen atoms in total. The molecule has 4 heteroatoms. The highest BCUT2D eigenvalue weighted by Crippen LogP contribution is 2.41. The van der Waals surface area contributed by atoms with Crippen LogP contribution in [0.2, 0.25) is 0 Å². The molecule has 1 fully saturated rings. The Labute approximate surface area is 164 Å². The molecule has 2 unspecified atom stereocenters. The summed E-state index contributed by atoms with van der Waals surface area (Å²) < 4.78 is 19.5. The number of benzene rings is 3. The van der Waals surface area contributed by atoms with Gasteiger partial charge in [-0.1, -0.05) is 54.6 Å². The van der Waals surface area contributed by atoms with Crippen LogP contribution in [-0.4, -0.2) is 25.4 Å². The molecule has 3 aromatic rings. The maximum Gasteiger partial charge on any atom is 0.123 e. The molecule has 1 aliphatic rings. The van der Waals surface area contributed by atoms with E-state index in [-0.39, 0.29) is 16.7 Å². The fourth-order valence-electron chi connectivity index (χ4n) is 3.97. The molecule has 1 aliphatic heterocycles. The second-order valence-corrected chi connectivity index (χ2v) is 8.23. The number of rotatable bonds is 5. The number of nitrogens with one attached hydrogen (secondary N) is 1. The first-order valence-electron chi connectivity index (χ1n) is 9.32. The summed E-state index contributed by atoms with van der Waals surface area (Å²) in [5.74, 6) is 0.711. The van der Waals surface area contributed by atoms with E-state index >= 15 is 0 Å². The van der Waals surface area contributed by atoms with E-state index in [1.165, 1.54) is 28.5 Å². The fraction of sp³-hybridized carbons (Fsp3) is 0.304. The maximum absolute atomic E-state index is 13.4. The minimum absolute atomic E-state index is 0.209. The first-order valence-corrected chi connectivity index (χ1v) is 10.4. The van der Waals surface area contributed by atoms with Crippen LogP contribution in [0, 0.1) is 5.82 Å². The Morgan fingerprint density at radius 3 is 2.63 bits per heavy atom. The van der Waals surface area contributed by atoms with Crippen molar-refractivity contribution in [3.05, 3.63) is 83.7 Å². The number of thioether (sulfide) groups is 1. The number of hydrogen-bond acceptors (Lipinski definition) is 3. The van der Waals surface area contributed by atoms with Crippen LogP contribution in [0.5, 0.6) is 0 Å². The molecule has 1 N–H and O–H groups in total. The Balaban J connectivity index is 1.57. The van der Waals surface area contributed by atoms with Crippen LogP contribution in [-0.2, 0) is 16.1 Å². The number of piperidine rings is 1. The van der Waals surface area contributed by atoms with E-state index < -0.39 is 0 Å². The third-order valence-electron chi connectivity index (χ3n) is 5.49. The molecule has 0 radical (unpaired) electrons. The molecule has 1 heterocycles. The van der Waals surface area contributed by atoms with Crippen molar-refractivity contribution in [2.75, 3.05) is 20.2 Å². The molecule has 3 aromatic carbocycles. The average Bonchev–Trinajstić information content (AvgIpc) is 2.73. The van der Waals surface area contributed by atoms with Crippen LogP contribution in [0.15, 0.2) is 66.7 Å². The zero-order valence-corrected chi connectivity index (χ0v) is 16.3. The molecule has 0 aromatic heterocycles. The summed E-state index contributed by atoms with van der Waals surface area (Å²) in [5.41, 5.74) is 1.98. The third-order valence-corrected chi connectivity index (χ3v) is 6.93. The van der Waals surface area contributed by atoms with Crippen LogP contribution in [0.1, 0.15) is 17.5 Å². The predicted molar refractivity (Wildman–Crippen MR) is 112 cm³/mol. The highest BCUT2D eigenvalue weighted by Gasteiger charge is 2.42. The molecule has 140 valence electrons. The lowest BCUT2D eigenvalue weighted by Crippen LogP contribution is -2.51. The second-order valence-electron chi connectivity index (χ2n) is 7.04. The summed E-state index contributed by atoms with van der Waals surface area (Å²) in [6.07, 6.45) is 0.879. The van der Waals surface area contributed by atoms with E-state index in [1.807, 2.05) is 23.9 Å². The van der Waals surface area contributed by atoms with Crippen molar-refractivity contribution in [1.29, 1.82) is 0 Å². The Morgan fingerprint density at radius 2 is 1.85 bits per heavy atom. The first-order chi connectivity index (χ1) is 13.2. The summed E-state index contributed by atoms with van der Waals surface area (Å²) in [4.78, 5) is 0. The SMILES string of the molecule is COC1(c2ccc(F)cc2)CCNCC1SCc1ccc2ccccc2c1. The van der Waals surface area contributed by atoms with Crippen molar-refractivity contribution < 1.29 is 9.13 Å². The van der Waals surface area contributed by atoms with E-state index in [0.717, 1.165) is 30.8 Å². The van der Waals surface area contributed by atoms with Gasteiger partial charge in [-0.3, -0.25) is 0 Å². The molecular weight excluding hydrogens is 357 g/mol. The van der Waals surface area contributed by atoms with Gasteiger partial charge in [0.05, 0.1) is 5.25 Å². The Morgan fingerprint density at radius 1 is 1.07 bits per heavy atom. The number of ether oxygens (including phenoxy) is 1. The molecule has 0 spiro atoms. The van der Waals surface area contributed by atoms with Gasteiger partial charge in [0.1, 0.15) is 11.4 Å². The minimum Gasteiger partial charge on any atom is -0.372 e. The Hall–Kier alpha value is -1.88. The summed E-state index contributed by atoms with van der Waals surface area (Å²) in [6.45, 7) is 1.78. The highest BCUT2D eigenvalue weighted by atomic mass is 32.2. The van der Waals surface area contributed by atoms with Crippen molar-refractivity contribution >= 4 is 22.5 Å². The van der Waals surface area contributed by atoms with E-state index in [0.29, 0.717) is 0 Å². The molecule has 2 atom stereocenters. The highest BCUT2D eigenvalue weighted by molar-refractivity contribution is 7.99. The normalized spacial score (nSPS) is 22.8. The monoisotopic (exact) mass is 381 g/mol. The van der Waals surface area contributed by atoms with Crippen molar-refractivity contribution in [1.82, 2.24) is 5.32 Å². The standard InChI is InChI=1S/C23H24FNOS/c1-26-23(20-8-10-21(24)11-9-20)12-13-25-15-22(23)27-16-17-6-7-18-4-2-3-5-19(18)14-17/h2-11,14,22,25H,12-13,15-16H2,1H3. The lowest BCUT2D eigenvalue weighted by molar-refractivity contribution is -0.0335. The lowest BCUT2D eigenvalue weighted by Gasteiger charge is -2.43. The van der Waals surface area contributed by atoms with Crippen LogP contribution in [0.25, 0.3) is 10.8 Å². The van der Waals surface area contributed by atoms with Crippen LogP contribution in [0.3, 0.4) is 0 Å². The third kappa shape index (κ3) is 3.75. The van der Waals surface area contributed by atoms with Crippen LogP contribution in [0.4, 0.5) is 4.39 Å². The van der Waals surface area contributed by atoms with E-state index in [2.05, 4.69) is 47.8 Å². The zero-order valence-electron chi connectivity index (χ0n) is 15.5. The van der Waals surface area contributed by atoms with Gasteiger partial charge in [-0.05, 0) is 47.0 Å². The van der Waals surface area contributed by atoms with Gasteiger partial charge in [0.25, 0.3) is 0 Å². The molecule has 0 saturated carbocycles. The van der Waals surface area contributed by atoms with E-state index in [1.54, 1.807) is 7.11 Å². The number of hydrogen-bond donors (Lipinski definition) is 1. The van der Waals surface area contributed by atoms with Crippen molar-refractivity contribution in [2.24, 2.45) is 0 Å². The second kappa shape index (κ2) is 8.01. The zero-order chi connectivity index (χ0) is 18.7. The molecular formula is C23H24FNOS. The predicted octanol–water partition coefficient (Wildman–Crippen LogP) is 5.12. The molecule has 1 saturated heterocycles. The minimum atomic E-state index is -0.388. The van der Waals surface area contributed by atoms with Gasteiger partial charge >= 0.3 is 0 Å². The maximum atomic E-state index is 13.4. The van der Waals surface area contributed by atoms with Gasteiger partial charge in [-0.15, -0.1) is 11.8 Å². The topological polar surface area (TPSA) is 21.3 Å². The van der Waals surface area contributed by atoms with Crippen molar-refractivity contribution in [3.63, 3.8) is 0 Å². The van der Waals surface area contributed by atoms with Gasteiger partial charge in [0.15, 0.2) is 0 Å². The van der Waals surface area contributed by atoms with Gasteiger partial charge in [-0.2, -0.15) is 0 Å². The van der Waals surface area contributed by atoms with Gasteiger partial charge < -0.3 is 10.1 Å². The molecule has 0 aliphatic carbocycles. The molecule has 4 rings (SSSR count). The number of methoxy groups -OCH3 is 1. The Bertz CT molecular complexity index is 914. The van der Waals surface area contributed by atoms with Gasteiger partial charge in [-0.25, -0.2) is 4.39 Å². The first kappa shape index (κ1) is 18.5. The van der Waals surface area contributed by atoms with Gasteiger partial charge in [0, 0.05) is 19.4 Å². The summed E-state index contributed by atoms with van der Waals surface area (Å²) in [6, 6.07) is 21.9. The summed E-state index contributed by atoms with van der Waals surface area (Å²) >= 11 is 1.91. The van der Waals surface area contributed by atoms with Crippen LogP contribution < -0.4 is 5.32 Å². The number of halogens is 1. The van der Waals surface area contributed by atoms with Gasteiger partial charge in [0.2, 0.25) is 0 Å². The summed E-state index contributed by atoms with van der Waals surface area (Å²) in [5, 5.41) is 6.29. The Kier molecular flexibility index (Phi) is 5.48. The number of fused-ring (bicyclic) bond motifs is 1. The molecule has 0 bridgehead atoms.